The zero-order chi connectivity index (χ0) is 29.1. The maximum Gasteiger partial charge on any atom is 0.405 e. The van der Waals surface area contributed by atoms with Gasteiger partial charge in [-0.25, -0.2) is 4.79 Å². The molecular formula is C30H35N3O7. The molecule has 0 unspecified atom stereocenters. The quantitative estimate of drug-likeness (QED) is 0.225. The third-order valence-electron chi connectivity index (χ3n) is 6.23. The van der Waals surface area contributed by atoms with Crippen LogP contribution in [0.5, 0.6) is 5.75 Å². The Morgan fingerprint density at radius 1 is 0.775 bits per heavy atom. The Bertz CT molecular complexity index is 1260. The highest BCUT2D eigenvalue weighted by molar-refractivity contribution is 6.01. The number of amides is 3. The molecular weight excluding hydrogens is 514 g/mol. The van der Waals surface area contributed by atoms with Gasteiger partial charge in [-0.3, -0.25) is 14.4 Å². The smallest absolute Gasteiger partial charge is 0.405 e. The number of carbonyl (C=O) groups excluding carboxylic acids is 3. The zero-order valence-electron chi connectivity index (χ0n) is 22.8. The van der Waals surface area contributed by atoms with Crippen molar-refractivity contribution in [2.24, 2.45) is 5.92 Å². The van der Waals surface area contributed by atoms with Crippen LogP contribution in [0.25, 0.3) is 0 Å². The standard InChI is InChI=1S/C30H35N3O7/c1-19(2)16-23(27(34)26-10-7-15-40-26)31-28(35)24(18-21-11-13-22(39-3)14-12-21)32-29(36)25(33-30(37)38)17-20-8-5-4-6-9-20/h4-15,19,23-25,33H,16-18H2,1-3H3,(H,31,35)(H,32,36)(H,37,38)/t23-,24-,25-/m0/s1. The second kappa shape index (κ2) is 14.5. The van der Waals surface area contributed by atoms with E-state index < -0.39 is 36.0 Å². The average Bonchev–Trinajstić information content (AvgIpc) is 3.47. The van der Waals surface area contributed by atoms with E-state index in [1.54, 1.807) is 61.7 Å². The minimum atomic E-state index is -1.37. The van der Waals surface area contributed by atoms with Gasteiger partial charge in [-0.15, -0.1) is 0 Å². The number of carbonyl (C=O) groups is 4. The van der Waals surface area contributed by atoms with Gasteiger partial charge in [0.2, 0.25) is 17.6 Å². The average molecular weight is 550 g/mol. The van der Waals surface area contributed by atoms with E-state index in [-0.39, 0.29) is 30.3 Å². The summed E-state index contributed by atoms with van der Waals surface area (Å²) in [5.41, 5.74) is 1.47. The van der Waals surface area contributed by atoms with Crippen LogP contribution in [0, 0.1) is 5.92 Å². The summed E-state index contributed by atoms with van der Waals surface area (Å²) in [7, 11) is 1.54. The lowest BCUT2D eigenvalue weighted by molar-refractivity contribution is -0.130. The third kappa shape index (κ3) is 9.00. The number of hydrogen-bond acceptors (Lipinski definition) is 6. The molecule has 3 amide bonds. The fraction of sp³-hybridized carbons (Fsp3) is 0.333. The maximum absolute atomic E-state index is 13.6. The molecule has 10 heteroatoms. The maximum atomic E-state index is 13.6. The van der Waals surface area contributed by atoms with Crippen molar-refractivity contribution in [1.82, 2.24) is 16.0 Å². The van der Waals surface area contributed by atoms with Crippen LogP contribution in [0.3, 0.4) is 0 Å². The molecule has 0 saturated heterocycles. The molecule has 10 nitrogen and oxygen atoms in total. The molecule has 0 fully saturated rings. The molecule has 0 aliphatic carbocycles. The number of benzene rings is 2. The van der Waals surface area contributed by atoms with Crippen molar-refractivity contribution in [2.75, 3.05) is 7.11 Å². The van der Waals surface area contributed by atoms with Gasteiger partial charge >= 0.3 is 6.09 Å². The van der Waals surface area contributed by atoms with Crippen LogP contribution in [-0.2, 0) is 22.4 Å². The molecule has 0 spiro atoms. The molecule has 212 valence electrons. The monoisotopic (exact) mass is 549 g/mol. The van der Waals surface area contributed by atoms with Crippen molar-refractivity contribution in [2.45, 2.75) is 51.2 Å². The second-order valence-corrected chi connectivity index (χ2v) is 9.84. The van der Waals surface area contributed by atoms with Crippen molar-refractivity contribution < 1.29 is 33.4 Å². The van der Waals surface area contributed by atoms with E-state index in [9.17, 15) is 24.3 Å². The van der Waals surface area contributed by atoms with Crippen molar-refractivity contribution in [3.8, 4) is 5.75 Å². The van der Waals surface area contributed by atoms with E-state index in [2.05, 4.69) is 16.0 Å². The number of Topliss-reactive ketones (excluding diaryl/α,β-unsaturated/α-hetero) is 1. The Hall–Kier alpha value is -4.60. The molecule has 4 N–H and O–H groups in total. The van der Waals surface area contributed by atoms with Crippen LogP contribution >= 0.6 is 0 Å². The molecule has 1 heterocycles. The molecule has 0 aliphatic heterocycles. The van der Waals surface area contributed by atoms with Crippen molar-refractivity contribution in [1.29, 1.82) is 0 Å². The van der Waals surface area contributed by atoms with Crippen molar-refractivity contribution in [3.05, 3.63) is 89.9 Å². The first-order valence-electron chi connectivity index (χ1n) is 13.0. The fourth-order valence-electron chi connectivity index (χ4n) is 4.25. The molecule has 3 aromatic rings. The van der Waals surface area contributed by atoms with Gasteiger partial charge in [-0.1, -0.05) is 56.3 Å². The van der Waals surface area contributed by atoms with Crippen LogP contribution in [0.2, 0.25) is 0 Å². The molecule has 0 saturated carbocycles. The van der Waals surface area contributed by atoms with Crippen LogP contribution in [-0.4, -0.2) is 54.0 Å². The van der Waals surface area contributed by atoms with Gasteiger partial charge in [0.25, 0.3) is 0 Å². The first kappa shape index (κ1) is 29.9. The van der Waals surface area contributed by atoms with E-state index in [0.717, 1.165) is 11.1 Å². The topological polar surface area (TPSA) is 147 Å². The highest BCUT2D eigenvalue weighted by Gasteiger charge is 2.31. The summed E-state index contributed by atoms with van der Waals surface area (Å²) in [6.07, 6.45) is 0.550. The molecule has 0 bridgehead atoms. The van der Waals surface area contributed by atoms with Gasteiger partial charge in [-0.2, -0.15) is 0 Å². The van der Waals surface area contributed by atoms with Gasteiger partial charge < -0.3 is 30.2 Å². The molecule has 0 aliphatic rings. The van der Waals surface area contributed by atoms with Crippen molar-refractivity contribution in [3.63, 3.8) is 0 Å². The number of carboxylic acid groups (broad SMARTS) is 1. The zero-order valence-corrected chi connectivity index (χ0v) is 22.8. The summed E-state index contributed by atoms with van der Waals surface area (Å²) in [5.74, 6) is -0.801. The molecule has 2 aromatic carbocycles. The number of rotatable bonds is 14. The number of ketones is 1. The Labute approximate surface area is 233 Å². The first-order valence-corrected chi connectivity index (χ1v) is 13.0. The normalized spacial score (nSPS) is 13.1. The minimum Gasteiger partial charge on any atom is -0.497 e. The largest absolute Gasteiger partial charge is 0.497 e. The summed E-state index contributed by atoms with van der Waals surface area (Å²) in [6.45, 7) is 3.86. The lowest BCUT2D eigenvalue weighted by Gasteiger charge is -2.25. The van der Waals surface area contributed by atoms with Crippen LogP contribution in [0.15, 0.2) is 77.4 Å². The number of methoxy groups -OCH3 is 1. The summed E-state index contributed by atoms with van der Waals surface area (Å²) in [5, 5.41) is 17.1. The van der Waals surface area contributed by atoms with E-state index in [1.807, 2.05) is 19.9 Å². The van der Waals surface area contributed by atoms with Gasteiger partial charge in [0.15, 0.2) is 5.76 Å². The second-order valence-electron chi connectivity index (χ2n) is 9.84. The summed E-state index contributed by atoms with van der Waals surface area (Å²) in [6, 6.07) is 15.9. The van der Waals surface area contributed by atoms with Crippen LogP contribution < -0.4 is 20.7 Å². The fourth-order valence-corrected chi connectivity index (χ4v) is 4.25. The number of ether oxygens (including phenoxy) is 1. The van der Waals surface area contributed by atoms with E-state index in [0.29, 0.717) is 12.2 Å². The molecule has 3 atom stereocenters. The summed E-state index contributed by atoms with van der Waals surface area (Å²) >= 11 is 0. The highest BCUT2D eigenvalue weighted by Crippen LogP contribution is 2.15. The van der Waals surface area contributed by atoms with Gasteiger partial charge in [0.1, 0.15) is 17.8 Å². The van der Waals surface area contributed by atoms with Crippen LogP contribution in [0.4, 0.5) is 4.79 Å². The van der Waals surface area contributed by atoms with Gasteiger partial charge in [0, 0.05) is 12.8 Å². The van der Waals surface area contributed by atoms with E-state index in [4.69, 9.17) is 9.15 Å². The molecule has 1 aromatic heterocycles. The predicted molar refractivity (Wildman–Crippen MR) is 148 cm³/mol. The lowest BCUT2D eigenvalue weighted by Crippen LogP contribution is -2.56. The predicted octanol–water partition coefficient (Wildman–Crippen LogP) is 3.61. The van der Waals surface area contributed by atoms with Crippen molar-refractivity contribution >= 4 is 23.7 Å². The lowest BCUT2D eigenvalue weighted by atomic mass is 9.97. The van der Waals surface area contributed by atoms with E-state index in [1.165, 1.54) is 12.3 Å². The van der Waals surface area contributed by atoms with E-state index >= 15 is 0 Å². The third-order valence-corrected chi connectivity index (χ3v) is 6.23. The SMILES string of the molecule is COc1ccc(C[C@H](NC(=O)[C@H](Cc2ccccc2)NC(=O)O)C(=O)N[C@@H](CC(C)C)C(=O)c2ccco2)cc1. The molecule has 40 heavy (non-hydrogen) atoms. The number of nitrogens with one attached hydrogen (secondary N) is 3. The minimum absolute atomic E-state index is 0.0776. The number of furan rings is 1. The number of hydrogen-bond donors (Lipinski definition) is 4. The summed E-state index contributed by atoms with van der Waals surface area (Å²) < 4.78 is 10.5. The Kier molecular flexibility index (Phi) is 10.9. The highest BCUT2D eigenvalue weighted by atomic mass is 16.5. The first-order chi connectivity index (χ1) is 19.2. The summed E-state index contributed by atoms with van der Waals surface area (Å²) in [4.78, 5) is 51.5. The van der Waals surface area contributed by atoms with Gasteiger partial charge in [0.05, 0.1) is 19.4 Å². The molecule has 0 radical (unpaired) electrons. The molecule has 3 rings (SSSR count). The van der Waals surface area contributed by atoms with Gasteiger partial charge in [-0.05, 0) is 47.7 Å². The van der Waals surface area contributed by atoms with Crippen LogP contribution in [0.1, 0.15) is 41.9 Å². The Morgan fingerprint density at radius 3 is 1.88 bits per heavy atom. The Morgan fingerprint density at radius 2 is 1.35 bits per heavy atom. The Balaban J connectivity index is 1.85.